The van der Waals surface area contributed by atoms with Gasteiger partial charge in [0.2, 0.25) is 5.91 Å². The van der Waals surface area contributed by atoms with Crippen molar-refractivity contribution >= 4 is 11.6 Å². The van der Waals surface area contributed by atoms with Crippen LogP contribution in [0.2, 0.25) is 0 Å². The molecule has 0 bridgehead atoms. The monoisotopic (exact) mass is 257 g/mol. The van der Waals surface area contributed by atoms with Crippen LogP contribution in [0.5, 0.6) is 0 Å². The number of rotatable bonds is 3. The van der Waals surface area contributed by atoms with Gasteiger partial charge >= 0.3 is 0 Å². The van der Waals surface area contributed by atoms with Crippen LogP contribution in [0.4, 0.5) is 5.69 Å². The minimum absolute atomic E-state index is 0.0577. The van der Waals surface area contributed by atoms with Crippen LogP contribution in [0.3, 0.4) is 0 Å². The first-order chi connectivity index (χ1) is 9.19. The normalized spacial score (nSPS) is 14.2. The minimum atomic E-state index is -0.177. The quantitative estimate of drug-likeness (QED) is 0.817. The molecule has 1 aromatic rings. The zero-order valence-electron chi connectivity index (χ0n) is 11.2. The first-order valence-electron chi connectivity index (χ1n) is 6.69. The fourth-order valence-electron chi connectivity index (χ4n) is 2.17. The lowest BCUT2D eigenvalue weighted by Crippen LogP contribution is -2.21. The summed E-state index contributed by atoms with van der Waals surface area (Å²) < 4.78 is 0. The minimum Gasteiger partial charge on any atom is -0.384 e. The van der Waals surface area contributed by atoms with E-state index in [-0.39, 0.29) is 12.5 Å². The Hall–Kier alpha value is -1.79. The topological polar surface area (TPSA) is 49.3 Å². The fourth-order valence-corrected chi connectivity index (χ4v) is 2.17. The number of anilines is 1. The van der Waals surface area contributed by atoms with E-state index in [4.69, 9.17) is 5.11 Å². The first kappa shape index (κ1) is 13.6. The molecule has 0 heterocycles. The third kappa shape index (κ3) is 3.84. The summed E-state index contributed by atoms with van der Waals surface area (Å²) >= 11 is 0. The van der Waals surface area contributed by atoms with Gasteiger partial charge < -0.3 is 10.4 Å². The molecule has 0 spiro atoms. The van der Waals surface area contributed by atoms with Crippen molar-refractivity contribution in [3.05, 3.63) is 29.3 Å². The number of nitrogens with one attached hydrogen (secondary N) is 1. The van der Waals surface area contributed by atoms with Crippen molar-refractivity contribution in [1.82, 2.24) is 0 Å². The van der Waals surface area contributed by atoms with Crippen LogP contribution >= 0.6 is 0 Å². The van der Waals surface area contributed by atoms with E-state index in [2.05, 4.69) is 17.2 Å². The predicted molar refractivity (Wildman–Crippen MR) is 75.7 cm³/mol. The highest BCUT2D eigenvalue weighted by Crippen LogP contribution is 2.29. The molecule has 1 aliphatic rings. The molecule has 1 amide bonds. The number of amides is 1. The second-order valence-electron chi connectivity index (χ2n) is 5.06. The average molecular weight is 257 g/mol. The third-order valence-electron chi connectivity index (χ3n) is 3.45. The molecule has 2 N–H and O–H groups in total. The van der Waals surface area contributed by atoms with E-state index < -0.39 is 0 Å². The number of aliphatic hydroxyl groups excluding tert-OH is 1. The van der Waals surface area contributed by atoms with Crippen LogP contribution in [0.1, 0.15) is 36.8 Å². The number of hydrogen-bond donors (Lipinski definition) is 2. The third-order valence-corrected chi connectivity index (χ3v) is 3.45. The summed E-state index contributed by atoms with van der Waals surface area (Å²) in [4.78, 5) is 11.9. The molecule has 0 aliphatic heterocycles. The molecule has 0 radical (unpaired) electrons. The van der Waals surface area contributed by atoms with E-state index in [9.17, 15) is 4.79 Å². The molecule has 1 aliphatic carbocycles. The van der Waals surface area contributed by atoms with Gasteiger partial charge in [0.25, 0.3) is 0 Å². The zero-order valence-corrected chi connectivity index (χ0v) is 11.2. The number of carbonyl (C=O) groups excluding carboxylic acids is 1. The van der Waals surface area contributed by atoms with E-state index in [1.807, 2.05) is 25.1 Å². The smallest absolute Gasteiger partial charge is 0.224 e. The van der Waals surface area contributed by atoms with Crippen LogP contribution in [-0.2, 0) is 4.79 Å². The summed E-state index contributed by atoms with van der Waals surface area (Å²) in [5.74, 6) is 6.09. The number of hydrogen-bond acceptors (Lipinski definition) is 2. The number of benzene rings is 1. The van der Waals surface area contributed by atoms with Gasteiger partial charge in [-0.25, -0.2) is 0 Å². The highest BCUT2D eigenvalue weighted by molar-refractivity contribution is 5.92. The lowest BCUT2D eigenvalue weighted by atomic mass is 9.83. The summed E-state index contributed by atoms with van der Waals surface area (Å²) in [5.41, 5.74) is 2.57. The molecule has 3 heteroatoms. The maximum absolute atomic E-state index is 11.9. The molecule has 0 unspecified atom stereocenters. The van der Waals surface area contributed by atoms with Gasteiger partial charge in [-0.1, -0.05) is 24.3 Å². The van der Waals surface area contributed by atoms with E-state index in [0.717, 1.165) is 16.8 Å². The van der Waals surface area contributed by atoms with Crippen LogP contribution in [-0.4, -0.2) is 17.6 Å². The summed E-state index contributed by atoms with van der Waals surface area (Å²) in [5, 5.41) is 11.7. The van der Waals surface area contributed by atoms with Gasteiger partial charge in [0.1, 0.15) is 6.61 Å². The molecule has 19 heavy (non-hydrogen) atoms. The van der Waals surface area contributed by atoms with Gasteiger partial charge in [-0.3, -0.25) is 4.79 Å². The van der Waals surface area contributed by atoms with Gasteiger partial charge in [-0.2, -0.15) is 0 Å². The average Bonchev–Trinajstić information content (AvgIpc) is 2.33. The van der Waals surface area contributed by atoms with E-state index in [1.54, 1.807) is 0 Å². The van der Waals surface area contributed by atoms with Crippen molar-refractivity contribution in [2.24, 2.45) is 5.92 Å². The SMILES string of the molecule is Cc1ccc(C#CCO)c(NC(=O)CC2CCC2)c1. The summed E-state index contributed by atoms with van der Waals surface area (Å²) in [7, 11) is 0. The second-order valence-corrected chi connectivity index (χ2v) is 5.06. The van der Waals surface area contributed by atoms with Crippen LogP contribution in [0.15, 0.2) is 18.2 Å². The largest absolute Gasteiger partial charge is 0.384 e. The standard InChI is InChI=1S/C16H19NO2/c1-12-7-8-14(6-3-9-18)15(10-12)17-16(19)11-13-4-2-5-13/h7-8,10,13,18H,2,4-5,9,11H2,1H3,(H,17,19). The number of aryl methyl sites for hydroxylation is 1. The van der Waals surface area contributed by atoms with Crippen molar-refractivity contribution in [1.29, 1.82) is 0 Å². The molecule has 3 nitrogen and oxygen atoms in total. The maximum Gasteiger partial charge on any atom is 0.224 e. The first-order valence-corrected chi connectivity index (χ1v) is 6.69. The molecule has 2 rings (SSSR count). The van der Waals surface area contributed by atoms with Crippen LogP contribution < -0.4 is 5.32 Å². The molecule has 0 saturated heterocycles. The fraction of sp³-hybridized carbons (Fsp3) is 0.438. The van der Waals surface area contributed by atoms with Gasteiger partial charge in [0, 0.05) is 12.0 Å². The van der Waals surface area contributed by atoms with Crippen molar-refractivity contribution in [3.63, 3.8) is 0 Å². The van der Waals surface area contributed by atoms with E-state index >= 15 is 0 Å². The summed E-state index contributed by atoms with van der Waals surface area (Å²) in [6, 6.07) is 5.74. The van der Waals surface area contributed by atoms with Crippen LogP contribution in [0, 0.1) is 24.7 Å². The second kappa shape index (κ2) is 6.40. The predicted octanol–water partition coefficient (Wildman–Crippen LogP) is 2.47. The van der Waals surface area contributed by atoms with Crippen molar-refractivity contribution in [3.8, 4) is 11.8 Å². The summed E-state index contributed by atoms with van der Waals surface area (Å²) in [6.07, 6.45) is 4.17. The Balaban J connectivity index is 2.08. The van der Waals surface area contributed by atoms with Crippen molar-refractivity contribution in [2.45, 2.75) is 32.6 Å². The Kier molecular flexibility index (Phi) is 4.59. The molecule has 1 fully saturated rings. The number of carbonyl (C=O) groups is 1. The zero-order chi connectivity index (χ0) is 13.7. The van der Waals surface area contributed by atoms with E-state index in [1.165, 1.54) is 19.3 Å². The lowest BCUT2D eigenvalue weighted by molar-refractivity contribution is -0.117. The van der Waals surface area contributed by atoms with Gasteiger partial charge in [-0.15, -0.1) is 0 Å². The summed E-state index contributed by atoms with van der Waals surface area (Å²) in [6.45, 7) is 1.80. The molecular weight excluding hydrogens is 238 g/mol. The van der Waals surface area contributed by atoms with Gasteiger partial charge in [-0.05, 0) is 43.4 Å². The Labute approximate surface area is 114 Å². The lowest BCUT2D eigenvalue weighted by Gasteiger charge is -2.24. The highest BCUT2D eigenvalue weighted by atomic mass is 16.2. The molecule has 0 atom stereocenters. The molecular formula is C16H19NO2. The number of aliphatic hydroxyl groups is 1. The maximum atomic E-state index is 11.9. The Morgan fingerprint density at radius 1 is 1.47 bits per heavy atom. The van der Waals surface area contributed by atoms with E-state index in [0.29, 0.717) is 12.3 Å². The molecule has 100 valence electrons. The van der Waals surface area contributed by atoms with Crippen molar-refractivity contribution in [2.75, 3.05) is 11.9 Å². The Morgan fingerprint density at radius 3 is 2.89 bits per heavy atom. The van der Waals surface area contributed by atoms with Gasteiger partial charge in [0.15, 0.2) is 0 Å². The van der Waals surface area contributed by atoms with Crippen molar-refractivity contribution < 1.29 is 9.90 Å². The highest BCUT2D eigenvalue weighted by Gasteiger charge is 2.20. The van der Waals surface area contributed by atoms with Gasteiger partial charge in [0.05, 0.1) is 5.69 Å². The Bertz CT molecular complexity index is 521. The molecule has 1 aromatic carbocycles. The molecule has 1 saturated carbocycles. The Morgan fingerprint density at radius 2 is 2.26 bits per heavy atom. The molecule has 0 aromatic heterocycles. The van der Waals surface area contributed by atoms with Crippen LogP contribution in [0.25, 0.3) is 0 Å².